The molecule has 3 nitrogen and oxygen atoms in total. The van der Waals surface area contributed by atoms with E-state index in [1.165, 1.54) is 5.56 Å². The van der Waals surface area contributed by atoms with Crippen LogP contribution in [0.15, 0.2) is 22.7 Å². The minimum Gasteiger partial charge on any atom is -0.490 e. The highest BCUT2D eigenvalue weighted by atomic mass is 79.9. The van der Waals surface area contributed by atoms with E-state index >= 15 is 0 Å². The Morgan fingerprint density at radius 1 is 1.29 bits per heavy atom. The molecule has 1 fully saturated rings. The second kappa shape index (κ2) is 7.12. The molecular formula is C17H26BrNO2. The van der Waals surface area contributed by atoms with Gasteiger partial charge >= 0.3 is 0 Å². The van der Waals surface area contributed by atoms with Crippen molar-refractivity contribution in [2.24, 2.45) is 0 Å². The van der Waals surface area contributed by atoms with E-state index in [1.54, 1.807) is 0 Å². The summed E-state index contributed by atoms with van der Waals surface area (Å²) in [5.74, 6) is 0.889. The number of rotatable bonds is 5. The summed E-state index contributed by atoms with van der Waals surface area (Å²) in [7, 11) is 0. The van der Waals surface area contributed by atoms with Gasteiger partial charge in [0.05, 0.1) is 16.7 Å². The van der Waals surface area contributed by atoms with Crippen LogP contribution in [0.5, 0.6) is 5.75 Å². The molecule has 21 heavy (non-hydrogen) atoms. The first-order valence-electron chi connectivity index (χ1n) is 7.63. The number of hydrogen-bond acceptors (Lipinski definition) is 3. The normalized spacial score (nSPS) is 22.5. The lowest BCUT2D eigenvalue weighted by Gasteiger charge is -2.23. The molecule has 118 valence electrons. The van der Waals surface area contributed by atoms with Gasteiger partial charge in [-0.15, -0.1) is 0 Å². The Labute approximate surface area is 136 Å². The molecule has 2 atom stereocenters. The summed E-state index contributed by atoms with van der Waals surface area (Å²) in [6, 6.07) is 6.14. The summed E-state index contributed by atoms with van der Waals surface area (Å²) in [5.41, 5.74) is 1.37. The molecule has 0 amide bonds. The molecule has 0 saturated carbocycles. The van der Waals surface area contributed by atoms with Crippen molar-refractivity contribution in [3.63, 3.8) is 0 Å². The quantitative estimate of drug-likeness (QED) is 0.863. The highest BCUT2D eigenvalue weighted by Gasteiger charge is 2.26. The Morgan fingerprint density at radius 3 is 2.67 bits per heavy atom. The van der Waals surface area contributed by atoms with Crippen LogP contribution in [0.25, 0.3) is 0 Å². The van der Waals surface area contributed by atoms with E-state index in [9.17, 15) is 0 Å². The Hall–Kier alpha value is -0.580. The van der Waals surface area contributed by atoms with E-state index in [0.29, 0.717) is 12.7 Å². The molecule has 1 heterocycles. The van der Waals surface area contributed by atoms with Crippen LogP contribution in [0.2, 0.25) is 0 Å². The number of hydrogen-bond donors (Lipinski definition) is 1. The van der Waals surface area contributed by atoms with Crippen molar-refractivity contribution in [2.75, 3.05) is 13.2 Å². The smallest absolute Gasteiger partial charge is 0.133 e. The van der Waals surface area contributed by atoms with Crippen LogP contribution in [0.3, 0.4) is 0 Å². The summed E-state index contributed by atoms with van der Waals surface area (Å²) in [5, 5.41) is 3.50. The first-order valence-corrected chi connectivity index (χ1v) is 8.42. The topological polar surface area (TPSA) is 30.5 Å². The molecule has 0 bridgehead atoms. The van der Waals surface area contributed by atoms with Gasteiger partial charge in [-0.3, -0.25) is 0 Å². The van der Waals surface area contributed by atoms with Gasteiger partial charge in [0.2, 0.25) is 0 Å². The molecule has 1 aliphatic rings. The summed E-state index contributed by atoms with van der Waals surface area (Å²) < 4.78 is 12.9. The molecule has 1 aliphatic heterocycles. The summed E-state index contributed by atoms with van der Waals surface area (Å²) in [6.07, 6.45) is 2.68. The summed E-state index contributed by atoms with van der Waals surface area (Å²) in [4.78, 5) is 0. The van der Waals surface area contributed by atoms with Crippen LogP contribution in [0.4, 0.5) is 0 Å². The first-order chi connectivity index (χ1) is 9.83. The van der Waals surface area contributed by atoms with Gasteiger partial charge < -0.3 is 14.8 Å². The number of aryl methyl sites for hydroxylation is 1. The van der Waals surface area contributed by atoms with Crippen LogP contribution >= 0.6 is 15.9 Å². The lowest BCUT2D eigenvalue weighted by molar-refractivity contribution is 0.0160. The molecule has 1 saturated heterocycles. The second-order valence-electron chi connectivity index (χ2n) is 6.83. The minimum atomic E-state index is 0.144. The molecular weight excluding hydrogens is 330 g/mol. The number of nitrogens with one attached hydrogen (secondary N) is 1. The zero-order valence-corrected chi connectivity index (χ0v) is 15.0. The van der Waals surface area contributed by atoms with E-state index in [4.69, 9.17) is 9.47 Å². The van der Waals surface area contributed by atoms with Crippen LogP contribution in [0, 0.1) is 6.92 Å². The van der Waals surface area contributed by atoms with E-state index in [2.05, 4.69) is 61.1 Å². The van der Waals surface area contributed by atoms with Crippen LogP contribution in [0.1, 0.15) is 39.2 Å². The van der Waals surface area contributed by atoms with Crippen molar-refractivity contribution in [3.05, 3.63) is 28.2 Å². The second-order valence-corrected chi connectivity index (χ2v) is 7.69. The lowest BCUT2D eigenvalue weighted by Crippen LogP contribution is -2.41. The largest absolute Gasteiger partial charge is 0.490 e. The SMILES string of the molecule is Cc1ccc(OCC2CCC(CNC(C)(C)C)O2)c(Br)c1. The van der Waals surface area contributed by atoms with Crippen LogP contribution in [-0.2, 0) is 4.74 Å². The fraction of sp³-hybridized carbons (Fsp3) is 0.647. The van der Waals surface area contributed by atoms with Gasteiger partial charge in [-0.25, -0.2) is 0 Å². The third-order valence-electron chi connectivity index (χ3n) is 3.57. The van der Waals surface area contributed by atoms with Crippen molar-refractivity contribution < 1.29 is 9.47 Å². The van der Waals surface area contributed by atoms with Crippen LogP contribution in [-0.4, -0.2) is 30.9 Å². The van der Waals surface area contributed by atoms with Gasteiger partial charge in [-0.2, -0.15) is 0 Å². The minimum absolute atomic E-state index is 0.144. The van der Waals surface area contributed by atoms with Gasteiger partial charge in [-0.05, 0) is 74.2 Å². The van der Waals surface area contributed by atoms with E-state index < -0.39 is 0 Å². The van der Waals surface area contributed by atoms with E-state index in [-0.39, 0.29) is 11.6 Å². The lowest BCUT2D eigenvalue weighted by atomic mass is 10.1. The molecule has 1 N–H and O–H groups in total. The monoisotopic (exact) mass is 355 g/mol. The number of ether oxygens (including phenoxy) is 2. The molecule has 1 aromatic rings. The predicted molar refractivity (Wildman–Crippen MR) is 90.0 cm³/mol. The Bertz CT molecular complexity index is 470. The number of benzene rings is 1. The third-order valence-corrected chi connectivity index (χ3v) is 4.19. The average molecular weight is 356 g/mol. The van der Waals surface area contributed by atoms with Gasteiger partial charge in [0, 0.05) is 12.1 Å². The van der Waals surface area contributed by atoms with Crippen molar-refractivity contribution in [2.45, 2.75) is 58.3 Å². The molecule has 4 heteroatoms. The molecule has 0 spiro atoms. The summed E-state index contributed by atoms with van der Waals surface area (Å²) in [6.45, 7) is 10.1. The average Bonchev–Trinajstić information content (AvgIpc) is 2.82. The maximum absolute atomic E-state index is 6.04. The zero-order valence-electron chi connectivity index (χ0n) is 13.4. The standard InChI is InChI=1S/C17H26BrNO2/c1-12-5-8-16(15(18)9-12)20-11-14-7-6-13(21-14)10-19-17(2,3)4/h5,8-9,13-14,19H,6-7,10-11H2,1-4H3. The zero-order chi connectivity index (χ0) is 15.5. The van der Waals surface area contributed by atoms with Crippen LogP contribution < -0.4 is 10.1 Å². The predicted octanol–water partition coefficient (Wildman–Crippen LogP) is 4.07. The van der Waals surface area contributed by atoms with Gasteiger partial charge in [-0.1, -0.05) is 6.07 Å². The first kappa shape index (κ1) is 16.8. The van der Waals surface area contributed by atoms with Gasteiger partial charge in [0.1, 0.15) is 12.4 Å². The Kier molecular flexibility index (Phi) is 5.69. The maximum Gasteiger partial charge on any atom is 0.133 e. The van der Waals surface area contributed by atoms with Crippen molar-refractivity contribution in [1.29, 1.82) is 0 Å². The highest BCUT2D eigenvalue weighted by Crippen LogP contribution is 2.27. The van der Waals surface area contributed by atoms with E-state index in [0.717, 1.165) is 29.6 Å². The van der Waals surface area contributed by atoms with Crippen molar-refractivity contribution in [3.8, 4) is 5.75 Å². The van der Waals surface area contributed by atoms with E-state index in [1.807, 2.05) is 6.07 Å². The molecule has 1 aromatic carbocycles. The Balaban J connectivity index is 1.75. The summed E-state index contributed by atoms with van der Waals surface area (Å²) >= 11 is 3.54. The Morgan fingerprint density at radius 2 is 2.00 bits per heavy atom. The molecule has 0 aliphatic carbocycles. The van der Waals surface area contributed by atoms with Crippen molar-refractivity contribution >= 4 is 15.9 Å². The maximum atomic E-state index is 6.04. The molecule has 2 unspecified atom stereocenters. The molecule has 2 rings (SSSR count). The van der Waals surface area contributed by atoms with Gasteiger partial charge in [0.25, 0.3) is 0 Å². The fourth-order valence-electron chi connectivity index (χ4n) is 2.38. The molecule has 0 radical (unpaired) electrons. The fourth-order valence-corrected chi connectivity index (χ4v) is 2.99. The third kappa shape index (κ3) is 5.61. The van der Waals surface area contributed by atoms with Crippen molar-refractivity contribution in [1.82, 2.24) is 5.32 Å². The van der Waals surface area contributed by atoms with Gasteiger partial charge in [0.15, 0.2) is 0 Å². The highest BCUT2D eigenvalue weighted by molar-refractivity contribution is 9.10. The molecule has 0 aromatic heterocycles. The number of halogens is 1.